The van der Waals surface area contributed by atoms with Gasteiger partial charge < -0.3 is 25.4 Å². The molecule has 3 fully saturated rings. The predicted molar refractivity (Wildman–Crippen MR) is 115 cm³/mol. The summed E-state index contributed by atoms with van der Waals surface area (Å²) in [7, 11) is 0. The molecule has 2 bridgehead atoms. The van der Waals surface area contributed by atoms with Gasteiger partial charge in [-0.2, -0.15) is 0 Å². The highest BCUT2D eigenvalue weighted by molar-refractivity contribution is 5.98. The molecule has 2 aromatic rings. The maximum absolute atomic E-state index is 13.5. The van der Waals surface area contributed by atoms with Crippen LogP contribution in [0.15, 0.2) is 24.3 Å². The van der Waals surface area contributed by atoms with E-state index in [0.717, 1.165) is 11.9 Å². The second kappa shape index (κ2) is 8.38. The maximum atomic E-state index is 13.5. The van der Waals surface area contributed by atoms with E-state index in [-0.39, 0.29) is 37.7 Å². The van der Waals surface area contributed by atoms with E-state index in [1.54, 1.807) is 4.68 Å². The number of nitrogens with one attached hydrogen (secondary N) is 2. The lowest BCUT2D eigenvalue weighted by atomic mass is 9.70. The number of aromatic nitrogens is 3. The zero-order valence-electron chi connectivity index (χ0n) is 18.4. The minimum Gasteiger partial charge on any atom is -0.395 e. The number of carbonyl (C=O) groups is 3. The molecule has 1 spiro atoms. The molecule has 5 rings (SSSR count). The van der Waals surface area contributed by atoms with Crippen molar-refractivity contribution in [1.29, 1.82) is 0 Å². The van der Waals surface area contributed by atoms with E-state index in [1.807, 2.05) is 31.2 Å². The van der Waals surface area contributed by atoms with E-state index < -0.39 is 29.4 Å². The van der Waals surface area contributed by atoms with Crippen molar-refractivity contribution in [2.45, 2.75) is 50.6 Å². The van der Waals surface area contributed by atoms with Crippen LogP contribution >= 0.6 is 0 Å². The van der Waals surface area contributed by atoms with Gasteiger partial charge in [0.15, 0.2) is 0 Å². The standard InChI is InChI=1S/C22H28N6O5/c1-2-9-23-19(30)16-15-7-8-22(33-15)17(16)21(32)27(10-11-29)18(22)20(31)24-12-28-14-6-4-3-5-13(14)25-26-28/h3-6,15-18,29H,2,7-12H2,1H3,(H,23,30)(H,24,31)/t15-,16+,17-,18?,22?/m0/s1. The normalized spacial score (nSPS) is 30.1. The molecule has 1 aromatic carbocycles. The fraction of sp³-hybridized carbons (Fsp3) is 0.591. The Morgan fingerprint density at radius 3 is 2.88 bits per heavy atom. The lowest BCUT2D eigenvalue weighted by molar-refractivity contribution is -0.142. The van der Waals surface area contributed by atoms with E-state index in [2.05, 4.69) is 20.9 Å². The number of aliphatic hydroxyl groups is 1. The van der Waals surface area contributed by atoms with Crippen LogP contribution < -0.4 is 10.6 Å². The Balaban J connectivity index is 1.40. The average Bonchev–Trinajstić information content (AvgIpc) is 3.56. The number of fused-ring (bicyclic) bond motifs is 2. The molecule has 0 aliphatic carbocycles. The van der Waals surface area contributed by atoms with Crippen molar-refractivity contribution in [3.05, 3.63) is 24.3 Å². The molecule has 3 aliphatic rings. The van der Waals surface area contributed by atoms with E-state index in [0.29, 0.717) is 24.9 Å². The smallest absolute Gasteiger partial charge is 0.247 e. The summed E-state index contributed by atoms with van der Waals surface area (Å²) in [6.45, 7) is 2.26. The highest BCUT2D eigenvalue weighted by atomic mass is 16.5. The molecule has 4 heterocycles. The van der Waals surface area contributed by atoms with Crippen molar-refractivity contribution in [3.8, 4) is 0 Å². The van der Waals surface area contributed by atoms with Crippen LogP contribution in [0.4, 0.5) is 0 Å². The van der Waals surface area contributed by atoms with Gasteiger partial charge in [-0.3, -0.25) is 14.4 Å². The fourth-order valence-electron chi connectivity index (χ4n) is 5.75. The number of β-amino-alcohol motifs (C(OH)–C–C–N with tert-alkyl or cyclic N) is 1. The van der Waals surface area contributed by atoms with Crippen molar-refractivity contribution < 1.29 is 24.2 Å². The van der Waals surface area contributed by atoms with Crippen molar-refractivity contribution in [1.82, 2.24) is 30.5 Å². The molecule has 2 unspecified atom stereocenters. The third-order valence-corrected chi connectivity index (χ3v) is 7.06. The summed E-state index contributed by atoms with van der Waals surface area (Å²) in [5, 5.41) is 23.5. The summed E-state index contributed by atoms with van der Waals surface area (Å²) in [5.74, 6) is -2.28. The highest BCUT2D eigenvalue weighted by Gasteiger charge is 2.74. The molecule has 1 aromatic heterocycles. The van der Waals surface area contributed by atoms with Crippen molar-refractivity contribution >= 4 is 28.8 Å². The van der Waals surface area contributed by atoms with Crippen LogP contribution in [0.2, 0.25) is 0 Å². The third kappa shape index (κ3) is 3.29. The molecular formula is C22H28N6O5. The first kappa shape index (κ1) is 21.8. The summed E-state index contributed by atoms with van der Waals surface area (Å²) in [4.78, 5) is 41.1. The van der Waals surface area contributed by atoms with Crippen LogP contribution in [0, 0.1) is 11.8 Å². The number of ether oxygens (including phenoxy) is 1. The monoisotopic (exact) mass is 456 g/mol. The van der Waals surface area contributed by atoms with Gasteiger partial charge in [0, 0.05) is 13.1 Å². The summed E-state index contributed by atoms with van der Waals surface area (Å²) in [6.07, 6.45) is 1.52. The molecule has 3 saturated heterocycles. The van der Waals surface area contributed by atoms with Crippen LogP contribution in [0.25, 0.3) is 11.0 Å². The van der Waals surface area contributed by atoms with Crippen LogP contribution in [0.5, 0.6) is 0 Å². The second-order valence-electron chi connectivity index (χ2n) is 8.88. The molecule has 3 N–H and O–H groups in total. The maximum Gasteiger partial charge on any atom is 0.247 e. The lowest BCUT2D eigenvalue weighted by Gasteiger charge is -2.33. The summed E-state index contributed by atoms with van der Waals surface area (Å²) in [6, 6.07) is 6.48. The number of likely N-dealkylation sites (tertiary alicyclic amines) is 1. The van der Waals surface area contributed by atoms with Gasteiger partial charge in [0.1, 0.15) is 23.8 Å². The molecule has 5 atom stereocenters. The van der Waals surface area contributed by atoms with Gasteiger partial charge >= 0.3 is 0 Å². The van der Waals surface area contributed by atoms with Crippen molar-refractivity contribution in [3.63, 3.8) is 0 Å². The first-order valence-electron chi connectivity index (χ1n) is 11.4. The Morgan fingerprint density at radius 2 is 2.09 bits per heavy atom. The quantitative estimate of drug-likeness (QED) is 0.482. The summed E-state index contributed by atoms with van der Waals surface area (Å²) < 4.78 is 7.86. The molecule has 176 valence electrons. The van der Waals surface area contributed by atoms with E-state index in [1.165, 1.54) is 4.90 Å². The summed E-state index contributed by atoms with van der Waals surface area (Å²) in [5.41, 5.74) is 0.413. The number of amides is 3. The van der Waals surface area contributed by atoms with Crippen LogP contribution in [0.3, 0.4) is 0 Å². The van der Waals surface area contributed by atoms with Gasteiger partial charge in [0.2, 0.25) is 17.7 Å². The molecule has 11 nitrogen and oxygen atoms in total. The number of para-hydroxylation sites is 1. The molecule has 11 heteroatoms. The number of aliphatic hydroxyl groups excluding tert-OH is 1. The first-order valence-corrected chi connectivity index (χ1v) is 11.4. The Morgan fingerprint density at radius 1 is 1.27 bits per heavy atom. The van der Waals surface area contributed by atoms with Crippen LogP contribution in [0.1, 0.15) is 26.2 Å². The Hall–Kier alpha value is -3.05. The highest BCUT2D eigenvalue weighted by Crippen LogP contribution is 2.58. The number of hydrogen-bond donors (Lipinski definition) is 3. The Bertz CT molecular complexity index is 1090. The average molecular weight is 457 g/mol. The largest absolute Gasteiger partial charge is 0.395 e. The number of benzene rings is 1. The van der Waals surface area contributed by atoms with Gasteiger partial charge in [-0.1, -0.05) is 24.3 Å². The van der Waals surface area contributed by atoms with Gasteiger partial charge in [-0.25, -0.2) is 4.68 Å². The van der Waals surface area contributed by atoms with E-state index in [9.17, 15) is 19.5 Å². The SMILES string of the molecule is CCCNC(=O)[C@@H]1[C@@H]2CCC3(O2)C(C(=O)NCn2nnc4ccccc42)N(CCO)C(=O)[C@H]13. The zero-order valence-corrected chi connectivity index (χ0v) is 18.4. The van der Waals surface area contributed by atoms with Crippen LogP contribution in [-0.2, 0) is 25.8 Å². The molecule has 0 radical (unpaired) electrons. The van der Waals surface area contributed by atoms with Crippen LogP contribution in [-0.4, -0.2) is 80.2 Å². The predicted octanol–water partition coefficient (Wildman–Crippen LogP) is -0.602. The Kier molecular flexibility index (Phi) is 5.53. The number of hydrogen-bond acceptors (Lipinski definition) is 7. The molecule has 3 amide bonds. The minimum absolute atomic E-state index is 0.00124. The Labute approximate surface area is 190 Å². The van der Waals surface area contributed by atoms with Crippen molar-refractivity contribution in [2.75, 3.05) is 19.7 Å². The molecule has 33 heavy (non-hydrogen) atoms. The fourth-order valence-corrected chi connectivity index (χ4v) is 5.75. The lowest BCUT2D eigenvalue weighted by Crippen LogP contribution is -2.55. The summed E-state index contributed by atoms with van der Waals surface area (Å²) >= 11 is 0. The molecular weight excluding hydrogens is 428 g/mol. The van der Waals surface area contributed by atoms with Gasteiger partial charge in [-0.05, 0) is 31.4 Å². The number of rotatable bonds is 8. The topological polar surface area (TPSA) is 139 Å². The van der Waals surface area contributed by atoms with Crippen molar-refractivity contribution in [2.24, 2.45) is 11.8 Å². The van der Waals surface area contributed by atoms with Gasteiger partial charge in [0.05, 0.1) is 30.1 Å². The zero-order chi connectivity index (χ0) is 23.2. The molecule has 0 saturated carbocycles. The second-order valence-corrected chi connectivity index (χ2v) is 8.88. The minimum atomic E-state index is -1.07. The third-order valence-electron chi connectivity index (χ3n) is 7.06. The van der Waals surface area contributed by atoms with Gasteiger partial charge in [-0.15, -0.1) is 5.10 Å². The number of nitrogens with zero attached hydrogens (tertiary/aromatic N) is 4. The van der Waals surface area contributed by atoms with E-state index >= 15 is 0 Å². The van der Waals surface area contributed by atoms with E-state index in [4.69, 9.17) is 4.74 Å². The molecule has 3 aliphatic heterocycles. The van der Waals surface area contributed by atoms with Gasteiger partial charge in [0.25, 0.3) is 0 Å². The number of carbonyl (C=O) groups excluding carboxylic acids is 3. The first-order chi connectivity index (χ1) is 16.0.